The summed E-state index contributed by atoms with van der Waals surface area (Å²) in [6.45, 7) is 3.62. The van der Waals surface area contributed by atoms with E-state index in [4.69, 9.17) is 10.5 Å². The number of methoxy groups -OCH3 is 1. The molecule has 1 unspecified atom stereocenters. The van der Waals surface area contributed by atoms with Gasteiger partial charge in [0, 0.05) is 13.2 Å². The molecule has 18 heavy (non-hydrogen) atoms. The van der Waals surface area contributed by atoms with E-state index in [0.717, 1.165) is 12.1 Å². The summed E-state index contributed by atoms with van der Waals surface area (Å²) < 4.78 is 42.9. The van der Waals surface area contributed by atoms with E-state index < -0.39 is 17.3 Å². The van der Waals surface area contributed by atoms with Gasteiger partial charge in [0.05, 0.1) is 11.2 Å². The van der Waals surface area contributed by atoms with Gasteiger partial charge in [0.25, 0.3) is 0 Å². The molecule has 0 aliphatic heterocycles. The quantitative estimate of drug-likeness (QED) is 0.904. The summed E-state index contributed by atoms with van der Waals surface area (Å²) in [6, 6.07) is 4.85. The zero-order valence-electron chi connectivity index (χ0n) is 10.7. The summed E-state index contributed by atoms with van der Waals surface area (Å²) in [7, 11) is 1.53. The third-order valence-electron chi connectivity index (χ3n) is 3.13. The number of nitrogens with two attached hydrogens (primary N) is 1. The number of rotatable bonds is 4. The molecular formula is C13H18F3NO. The van der Waals surface area contributed by atoms with Crippen LogP contribution in [0.3, 0.4) is 0 Å². The second-order valence-electron chi connectivity index (χ2n) is 4.82. The third kappa shape index (κ3) is 3.71. The Morgan fingerprint density at radius 2 is 1.89 bits per heavy atom. The summed E-state index contributed by atoms with van der Waals surface area (Å²) in [4.78, 5) is 0. The molecule has 0 aromatic heterocycles. The van der Waals surface area contributed by atoms with Crippen LogP contribution in [0.1, 0.15) is 25.0 Å². The molecule has 0 fully saturated rings. The summed E-state index contributed by atoms with van der Waals surface area (Å²) in [5, 5.41) is 0. The average molecular weight is 261 g/mol. The molecule has 0 bridgehead atoms. The van der Waals surface area contributed by atoms with Crippen LogP contribution in [-0.4, -0.2) is 18.8 Å². The van der Waals surface area contributed by atoms with Crippen molar-refractivity contribution in [2.24, 2.45) is 5.73 Å². The summed E-state index contributed by atoms with van der Waals surface area (Å²) in [5.41, 5.74) is 5.28. The lowest BCUT2D eigenvalue weighted by Crippen LogP contribution is -2.46. The minimum Gasteiger partial charge on any atom is -0.377 e. The van der Waals surface area contributed by atoms with Gasteiger partial charge >= 0.3 is 6.18 Å². The predicted octanol–water partition coefficient (Wildman–Crippen LogP) is 3.00. The highest BCUT2D eigenvalue weighted by atomic mass is 19.4. The standard InChI is InChI=1S/C13H18F3NO/c1-12(2,18-3)11(17)8-9-5-4-6-10(7-9)13(14,15)16/h4-7,11H,8,17H2,1-3H3. The number of hydrogen-bond acceptors (Lipinski definition) is 2. The molecule has 1 aromatic carbocycles. The maximum atomic E-state index is 12.5. The molecule has 2 N–H and O–H groups in total. The van der Waals surface area contributed by atoms with Gasteiger partial charge in [0.15, 0.2) is 0 Å². The average Bonchev–Trinajstić information content (AvgIpc) is 2.28. The molecule has 0 saturated carbocycles. The highest BCUT2D eigenvalue weighted by molar-refractivity contribution is 5.26. The molecule has 0 spiro atoms. The van der Waals surface area contributed by atoms with Crippen molar-refractivity contribution in [3.8, 4) is 0 Å². The Kier molecular flexibility index (Phi) is 4.40. The number of alkyl halides is 3. The smallest absolute Gasteiger partial charge is 0.377 e. The van der Waals surface area contributed by atoms with Crippen molar-refractivity contribution < 1.29 is 17.9 Å². The van der Waals surface area contributed by atoms with E-state index in [9.17, 15) is 13.2 Å². The molecule has 2 nitrogen and oxygen atoms in total. The fourth-order valence-corrected chi connectivity index (χ4v) is 1.53. The van der Waals surface area contributed by atoms with Gasteiger partial charge in [0.2, 0.25) is 0 Å². The molecular weight excluding hydrogens is 243 g/mol. The molecule has 5 heteroatoms. The molecule has 0 aliphatic rings. The van der Waals surface area contributed by atoms with Crippen LogP contribution < -0.4 is 5.73 Å². The Balaban J connectivity index is 2.86. The van der Waals surface area contributed by atoms with E-state index in [1.807, 2.05) is 13.8 Å². The maximum Gasteiger partial charge on any atom is 0.416 e. The Morgan fingerprint density at radius 3 is 2.39 bits per heavy atom. The lowest BCUT2D eigenvalue weighted by Gasteiger charge is -2.30. The Labute approximate surface area is 105 Å². The van der Waals surface area contributed by atoms with E-state index >= 15 is 0 Å². The van der Waals surface area contributed by atoms with E-state index in [1.165, 1.54) is 13.2 Å². The summed E-state index contributed by atoms with van der Waals surface area (Å²) in [5.74, 6) is 0. The first-order valence-corrected chi connectivity index (χ1v) is 5.63. The monoisotopic (exact) mass is 261 g/mol. The Morgan fingerprint density at radius 1 is 1.28 bits per heavy atom. The van der Waals surface area contributed by atoms with Crippen molar-refractivity contribution >= 4 is 0 Å². The van der Waals surface area contributed by atoms with Crippen LogP contribution in [0.25, 0.3) is 0 Å². The topological polar surface area (TPSA) is 35.2 Å². The molecule has 102 valence electrons. The van der Waals surface area contributed by atoms with Crippen molar-refractivity contribution in [3.05, 3.63) is 35.4 Å². The first-order chi connectivity index (χ1) is 8.16. The second-order valence-corrected chi connectivity index (χ2v) is 4.82. The highest BCUT2D eigenvalue weighted by Gasteiger charge is 2.31. The lowest BCUT2D eigenvalue weighted by molar-refractivity contribution is -0.137. The zero-order valence-corrected chi connectivity index (χ0v) is 10.7. The predicted molar refractivity (Wildman–Crippen MR) is 64.2 cm³/mol. The van der Waals surface area contributed by atoms with Crippen LogP contribution in [-0.2, 0) is 17.3 Å². The third-order valence-corrected chi connectivity index (χ3v) is 3.13. The number of benzene rings is 1. The minimum absolute atomic E-state index is 0.338. The molecule has 1 rings (SSSR count). The van der Waals surface area contributed by atoms with Crippen LogP contribution in [0.4, 0.5) is 13.2 Å². The molecule has 0 saturated heterocycles. The van der Waals surface area contributed by atoms with Crippen molar-refractivity contribution in [1.82, 2.24) is 0 Å². The molecule has 0 radical (unpaired) electrons. The van der Waals surface area contributed by atoms with E-state index in [2.05, 4.69) is 0 Å². The number of halogens is 3. The first-order valence-electron chi connectivity index (χ1n) is 5.63. The number of ether oxygens (including phenoxy) is 1. The van der Waals surface area contributed by atoms with E-state index in [1.54, 1.807) is 6.07 Å². The minimum atomic E-state index is -4.32. The van der Waals surface area contributed by atoms with Gasteiger partial charge in [-0.1, -0.05) is 18.2 Å². The lowest BCUT2D eigenvalue weighted by atomic mass is 9.92. The maximum absolute atomic E-state index is 12.5. The molecule has 1 atom stereocenters. The zero-order chi connectivity index (χ0) is 14.0. The van der Waals surface area contributed by atoms with Crippen LogP contribution >= 0.6 is 0 Å². The van der Waals surface area contributed by atoms with Crippen molar-refractivity contribution in [1.29, 1.82) is 0 Å². The Hall–Kier alpha value is -1.07. The van der Waals surface area contributed by atoms with Crippen molar-refractivity contribution in [2.45, 2.75) is 38.1 Å². The van der Waals surface area contributed by atoms with E-state index in [-0.39, 0.29) is 6.04 Å². The normalized spacial score (nSPS) is 14.6. The largest absolute Gasteiger partial charge is 0.416 e. The summed E-state index contributed by atoms with van der Waals surface area (Å²) >= 11 is 0. The van der Waals surface area contributed by atoms with Gasteiger partial charge in [-0.15, -0.1) is 0 Å². The SMILES string of the molecule is COC(C)(C)C(N)Cc1cccc(C(F)(F)F)c1. The van der Waals surface area contributed by atoms with Gasteiger partial charge in [-0.3, -0.25) is 0 Å². The van der Waals surface area contributed by atoms with Crippen LogP contribution in [0.15, 0.2) is 24.3 Å². The van der Waals surface area contributed by atoms with Gasteiger partial charge < -0.3 is 10.5 Å². The van der Waals surface area contributed by atoms with Gasteiger partial charge in [-0.05, 0) is 31.9 Å². The Bertz CT molecular complexity index is 401. The highest BCUT2D eigenvalue weighted by Crippen LogP contribution is 2.30. The summed E-state index contributed by atoms with van der Waals surface area (Å²) in [6.07, 6.45) is -3.98. The molecule has 1 aromatic rings. The van der Waals surface area contributed by atoms with Gasteiger partial charge in [-0.25, -0.2) is 0 Å². The van der Waals surface area contributed by atoms with E-state index in [0.29, 0.717) is 12.0 Å². The van der Waals surface area contributed by atoms with Crippen LogP contribution in [0.5, 0.6) is 0 Å². The van der Waals surface area contributed by atoms with Crippen LogP contribution in [0, 0.1) is 0 Å². The molecule has 0 heterocycles. The fourth-order valence-electron chi connectivity index (χ4n) is 1.53. The molecule has 0 aliphatic carbocycles. The first kappa shape index (κ1) is 15.0. The molecule has 0 amide bonds. The van der Waals surface area contributed by atoms with Crippen molar-refractivity contribution in [3.63, 3.8) is 0 Å². The second kappa shape index (κ2) is 5.28. The van der Waals surface area contributed by atoms with Gasteiger partial charge in [0.1, 0.15) is 0 Å². The number of hydrogen-bond donors (Lipinski definition) is 1. The fraction of sp³-hybridized carbons (Fsp3) is 0.538. The van der Waals surface area contributed by atoms with Gasteiger partial charge in [-0.2, -0.15) is 13.2 Å². The van der Waals surface area contributed by atoms with Crippen LogP contribution in [0.2, 0.25) is 0 Å². The van der Waals surface area contributed by atoms with Crippen molar-refractivity contribution in [2.75, 3.05) is 7.11 Å².